The van der Waals surface area contributed by atoms with Crippen LogP contribution in [0, 0.1) is 0 Å². The molecule has 0 fully saturated rings. The van der Waals surface area contributed by atoms with Crippen LogP contribution in [0.15, 0.2) is 60.1 Å². The molecule has 0 aliphatic rings. The summed E-state index contributed by atoms with van der Waals surface area (Å²) in [5.41, 5.74) is 2.52. The Balaban J connectivity index is 1.51. The second-order valence-electron chi connectivity index (χ2n) is 5.94. The third-order valence-electron chi connectivity index (χ3n) is 4.16. The van der Waals surface area contributed by atoms with Gasteiger partial charge in [0.15, 0.2) is 10.8 Å². The summed E-state index contributed by atoms with van der Waals surface area (Å²) in [6.45, 7) is 0. The minimum atomic E-state index is -0.380. The molecule has 0 saturated heterocycles. The van der Waals surface area contributed by atoms with Crippen LogP contribution in [-0.2, 0) is 0 Å². The zero-order valence-electron chi connectivity index (χ0n) is 15.7. The van der Waals surface area contributed by atoms with Crippen LogP contribution in [-0.4, -0.2) is 40.1 Å². The molecule has 1 amide bonds. The maximum Gasteiger partial charge on any atom is 0.279 e. The number of carbonyl (C=O) groups is 1. The standard InChI is InChI=1S/C20H17N5O3S/c1-27-14-8-9-15(18(10-14)28-2)17-12-29-20(21-17)22-19(26)16-11-25(24-23-16)13-6-4-3-5-7-13/h3-12H,1-2H3,(H,21,22,26). The van der Waals surface area contributed by atoms with Gasteiger partial charge < -0.3 is 9.47 Å². The van der Waals surface area contributed by atoms with Crippen LogP contribution in [0.2, 0.25) is 0 Å². The molecule has 0 aliphatic carbocycles. The van der Waals surface area contributed by atoms with Crippen molar-refractivity contribution in [3.8, 4) is 28.4 Å². The first-order chi connectivity index (χ1) is 14.2. The largest absolute Gasteiger partial charge is 0.497 e. The molecule has 0 spiro atoms. The lowest BCUT2D eigenvalue weighted by molar-refractivity contribution is 0.102. The topological polar surface area (TPSA) is 91.2 Å². The number of hydrogen-bond donors (Lipinski definition) is 1. The molecule has 0 aliphatic heterocycles. The Hall–Kier alpha value is -3.72. The van der Waals surface area contributed by atoms with Gasteiger partial charge in [0, 0.05) is 17.0 Å². The van der Waals surface area contributed by atoms with E-state index in [-0.39, 0.29) is 11.6 Å². The Labute approximate surface area is 170 Å². The number of benzene rings is 2. The van der Waals surface area contributed by atoms with E-state index in [1.54, 1.807) is 31.2 Å². The SMILES string of the molecule is COc1ccc(-c2csc(NC(=O)c3cn(-c4ccccc4)nn3)n2)c(OC)c1. The van der Waals surface area contributed by atoms with Crippen LogP contribution in [0.5, 0.6) is 11.5 Å². The van der Waals surface area contributed by atoms with E-state index in [0.29, 0.717) is 22.3 Å². The number of aromatic nitrogens is 4. The number of methoxy groups -OCH3 is 2. The third kappa shape index (κ3) is 3.94. The first-order valence-electron chi connectivity index (χ1n) is 8.65. The Morgan fingerprint density at radius 1 is 1.10 bits per heavy atom. The van der Waals surface area contributed by atoms with Crippen LogP contribution in [0.3, 0.4) is 0 Å². The van der Waals surface area contributed by atoms with Gasteiger partial charge in [-0.1, -0.05) is 23.4 Å². The van der Waals surface area contributed by atoms with Gasteiger partial charge in [0.2, 0.25) is 0 Å². The highest BCUT2D eigenvalue weighted by Crippen LogP contribution is 2.34. The highest BCUT2D eigenvalue weighted by molar-refractivity contribution is 7.14. The number of hydrogen-bond acceptors (Lipinski definition) is 7. The summed E-state index contributed by atoms with van der Waals surface area (Å²) < 4.78 is 12.2. The van der Waals surface area contributed by atoms with E-state index < -0.39 is 0 Å². The molecule has 8 nitrogen and oxygen atoms in total. The summed E-state index contributed by atoms with van der Waals surface area (Å²) in [5.74, 6) is 0.948. The second kappa shape index (κ2) is 8.11. The van der Waals surface area contributed by atoms with Crippen molar-refractivity contribution in [1.82, 2.24) is 20.0 Å². The monoisotopic (exact) mass is 407 g/mol. The van der Waals surface area contributed by atoms with Gasteiger partial charge in [-0.15, -0.1) is 16.4 Å². The molecule has 2 heterocycles. The number of anilines is 1. The molecule has 4 rings (SSSR count). The Morgan fingerprint density at radius 3 is 2.69 bits per heavy atom. The summed E-state index contributed by atoms with van der Waals surface area (Å²) in [6.07, 6.45) is 1.58. The van der Waals surface area contributed by atoms with Crippen molar-refractivity contribution >= 4 is 22.4 Å². The molecular weight excluding hydrogens is 390 g/mol. The van der Waals surface area contributed by atoms with Crippen molar-refractivity contribution < 1.29 is 14.3 Å². The molecule has 4 aromatic rings. The van der Waals surface area contributed by atoms with Gasteiger partial charge in [-0.05, 0) is 24.3 Å². The zero-order chi connectivity index (χ0) is 20.2. The van der Waals surface area contributed by atoms with E-state index in [1.807, 2.05) is 47.8 Å². The van der Waals surface area contributed by atoms with Crippen molar-refractivity contribution in [2.24, 2.45) is 0 Å². The lowest BCUT2D eigenvalue weighted by Crippen LogP contribution is -2.12. The lowest BCUT2D eigenvalue weighted by atomic mass is 10.1. The van der Waals surface area contributed by atoms with Crippen molar-refractivity contribution in [2.45, 2.75) is 0 Å². The molecule has 9 heteroatoms. The normalized spacial score (nSPS) is 10.6. The molecule has 1 N–H and O–H groups in total. The van der Waals surface area contributed by atoms with Gasteiger partial charge in [-0.3, -0.25) is 10.1 Å². The molecule has 2 aromatic heterocycles. The summed E-state index contributed by atoms with van der Waals surface area (Å²) in [5, 5.41) is 13.0. The fraction of sp³-hybridized carbons (Fsp3) is 0.100. The van der Waals surface area contributed by atoms with E-state index in [9.17, 15) is 4.79 Å². The van der Waals surface area contributed by atoms with Gasteiger partial charge in [0.05, 0.1) is 31.8 Å². The Morgan fingerprint density at radius 2 is 1.93 bits per heavy atom. The Bertz CT molecular complexity index is 1140. The van der Waals surface area contributed by atoms with Crippen molar-refractivity contribution in [2.75, 3.05) is 19.5 Å². The van der Waals surface area contributed by atoms with Gasteiger partial charge in [0.1, 0.15) is 11.5 Å². The predicted molar refractivity (Wildman–Crippen MR) is 110 cm³/mol. The van der Waals surface area contributed by atoms with Crippen molar-refractivity contribution in [3.63, 3.8) is 0 Å². The molecule has 29 heavy (non-hydrogen) atoms. The van der Waals surface area contributed by atoms with E-state index in [0.717, 1.165) is 11.3 Å². The first-order valence-corrected chi connectivity index (χ1v) is 9.53. The van der Waals surface area contributed by atoms with E-state index in [1.165, 1.54) is 11.3 Å². The van der Waals surface area contributed by atoms with Gasteiger partial charge in [-0.25, -0.2) is 9.67 Å². The number of para-hydroxylation sites is 1. The smallest absolute Gasteiger partial charge is 0.279 e. The highest BCUT2D eigenvalue weighted by Gasteiger charge is 2.16. The third-order valence-corrected chi connectivity index (χ3v) is 4.91. The number of amides is 1. The average molecular weight is 407 g/mol. The second-order valence-corrected chi connectivity index (χ2v) is 6.80. The quantitative estimate of drug-likeness (QED) is 0.525. The van der Waals surface area contributed by atoms with Crippen LogP contribution in [0.1, 0.15) is 10.5 Å². The molecule has 0 atom stereocenters. The fourth-order valence-corrected chi connectivity index (χ4v) is 3.41. The number of nitrogens with one attached hydrogen (secondary N) is 1. The Kier molecular flexibility index (Phi) is 5.21. The van der Waals surface area contributed by atoms with E-state index >= 15 is 0 Å². The minimum absolute atomic E-state index is 0.202. The molecule has 0 unspecified atom stereocenters. The van der Waals surface area contributed by atoms with Crippen LogP contribution in [0.25, 0.3) is 16.9 Å². The maximum atomic E-state index is 12.5. The number of ether oxygens (including phenoxy) is 2. The van der Waals surface area contributed by atoms with Crippen molar-refractivity contribution in [1.29, 1.82) is 0 Å². The molecule has 2 aromatic carbocycles. The first kappa shape index (κ1) is 18.6. The minimum Gasteiger partial charge on any atom is -0.497 e. The highest BCUT2D eigenvalue weighted by atomic mass is 32.1. The van der Waals surface area contributed by atoms with Gasteiger partial charge >= 0.3 is 0 Å². The number of nitrogens with zero attached hydrogens (tertiary/aromatic N) is 4. The summed E-state index contributed by atoms with van der Waals surface area (Å²) in [4.78, 5) is 17.0. The molecular formula is C20H17N5O3S. The number of rotatable bonds is 6. The molecule has 0 bridgehead atoms. The maximum absolute atomic E-state index is 12.5. The van der Waals surface area contributed by atoms with Crippen LogP contribution < -0.4 is 14.8 Å². The van der Waals surface area contributed by atoms with Crippen LogP contribution >= 0.6 is 11.3 Å². The molecule has 0 radical (unpaired) electrons. The van der Waals surface area contributed by atoms with E-state index in [4.69, 9.17) is 9.47 Å². The van der Waals surface area contributed by atoms with E-state index in [2.05, 4.69) is 20.6 Å². The number of carbonyl (C=O) groups excluding carboxylic acids is 1. The predicted octanol–water partition coefficient (Wildman–Crippen LogP) is 3.66. The molecule has 0 saturated carbocycles. The lowest BCUT2D eigenvalue weighted by Gasteiger charge is -2.08. The fourth-order valence-electron chi connectivity index (χ4n) is 2.70. The number of thiazole rings is 1. The average Bonchev–Trinajstić information content (AvgIpc) is 3.44. The van der Waals surface area contributed by atoms with Gasteiger partial charge in [-0.2, -0.15) is 0 Å². The zero-order valence-corrected chi connectivity index (χ0v) is 16.5. The summed E-state index contributed by atoms with van der Waals surface area (Å²) >= 11 is 1.31. The van der Waals surface area contributed by atoms with Crippen LogP contribution in [0.4, 0.5) is 5.13 Å². The van der Waals surface area contributed by atoms with Crippen molar-refractivity contribution in [3.05, 3.63) is 65.8 Å². The molecule has 146 valence electrons. The summed E-state index contributed by atoms with van der Waals surface area (Å²) in [6, 6.07) is 14.9. The van der Waals surface area contributed by atoms with Gasteiger partial charge in [0.25, 0.3) is 5.91 Å². The summed E-state index contributed by atoms with van der Waals surface area (Å²) in [7, 11) is 3.18.